The van der Waals surface area contributed by atoms with E-state index < -0.39 is 11.5 Å². The van der Waals surface area contributed by atoms with Gasteiger partial charge in [0.25, 0.3) is 0 Å². The Kier molecular flexibility index (Phi) is 5.36. The zero-order valence-electron chi connectivity index (χ0n) is 12.1. The van der Waals surface area contributed by atoms with E-state index in [0.29, 0.717) is 12.5 Å². The van der Waals surface area contributed by atoms with E-state index in [4.69, 9.17) is 4.74 Å². The molecule has 0 aliphatic carbocycles. The van der Waals surface area contributed by atoms with Crippen molar-refractivity contribution >= 4 is 5.97 Å². The average molecular weight is 265 g/mol. The summed E-state index contributed by atoms with van der Waals surface area (Å²) in [5, 5.41) is 12.2. The third-order valence-corrected chi connectivity index (χ3v) is 3.10. The first-order chi connectivity index (χ1) is 8.90. The molecule has 0 saturated heterocycles. The first kappa shape index (κ1) is 15.5. The standard InChI is InChI=1S/C15H23NO3/c1-5-16-15(4,14(17)18)10-19-13-9-7-6-8-12(13)11(2)3/h6-9,11,16H,5,10H2,1-4H3,(H,17,18). The molecule has 1 aromatic carbocycles. The first-order valence-electron chi connectivity index (χ1n) is 6.61. The van der Waals surface area contributed by atoms with Crippen LogP contribution >= 0.6 is 0 Å². The number of carboxylic acid groups (broad SMARTS) is 1. The van der Waals surface area contributed by atoms with Gasteiger partial charge in [-0.05, 0) is 31.0 Å². The molecule has 106 valence electrons. The zero-order valence-corrected chi connectivity index (χ0v) is 12.1. The van der Waals surface area contributed by atoms with Crippen LogP contribution in [0.25, 0.3) is 0 Å². The molecule has 4 nitrogen and oxygen atoms in total. The van der Waals surface area contributed by atoms with E-state index in [2.05, 4.69) is 19.2 Å². The van der Waals surface area contributed by atoms with Crippen LogP contribution in [0.5, 0.6) is 5.75 Å². The van der Waals surface area contributed by atoms with Crippen LogP contribution in [-0.4, -0.2) is 29.8 Å². The highest BCUT2D eigenvalue weighted by atomic mass is 16.5. The summed E-state index contributed by atoms with van der Waals surface area (Å²) in [7, 11) is 0. The summed E-state index contributed by atoms with van der Waals surface area (Å²) in [5.41, 5.74) is 0.0190. The van der Waals surface area contributed by atoms with Crippen LogP contribution in [0.15, 0.2) is 24.3 Å². The lowest BCUT2D eigenvalue weighted by atomic mass is 10.0. The molecule has 0 fully saturated rings. The summed E-state index contributed by atoms with van der Waals surface area (Å²) >= 11 is 0. The fourth-order valence-corrected chi connectivity index (χ4v) is 1.89. The number of carbonyl (C=O) groups is 1. The Labute approximate surface area is 114 Å². The van der Waals surface area contributed by atoms with Crippen LogP contribution < -0.4 is 10.1 Å². The molecule has 1 rings (SSSR count). The maximum absolute atomic E-state index is 11.3. The lowest BCUT2D eigenvalue weighted by Crippen LogP contribution is -2.53. The largest absolute Gasteiger partial charge is 0.491 e. The van der Waals surface area contributed by atoms with Crippen LogP contribution in [0.3, 0.4) is 0 Å². The highest BCUT2D eigenvalue weighted by Gasteiger charge is 2.33. The fraction of sp³-hybridized carbons (Fsp3) is 0.533. The minimum atomic E-state index is -1.07. The van der Waals surface area contributed by atoms with Crippen molar-refractivity contribution in [3.05, 3.63) is 29.8 Å². The summed E-state index contributed by atoms with van der Waals surface area (Å²) < 4.78 is 5.73. The van der Waals surface area contributed by atoms with Crippen molar-refractivity contribution in [2.24, 2.45) is 0 Å². The Bertz CT molecular complexity index is 431. The summed E-state index contributed by atoms with van der Waals surface area (Å²) in [4.78, 5) is 11.3. The molecule has 1 unspecified atom stereocenters. The van der Waals surface area contributed by atoms with Crippen LogP contribution in [0.4, 0.5) is 0 Å². The molecule has 0 bridgehead atoms. The minimum absolute atomic E-state index is 0.0971. The SMILES string of the molecule is CCNC(C)(COc1ccccc1C(C)C)C(=O)O. The Morgan fingerprint density at radius 3 is 2.58 bits per heavy atom. The maximum atomic E-state index is 11.3. The van der Waals surface area contributed by atoms with Gasteiger partial charge in [-0.3, -0.25) is 10.1 Å². The smallest absolute Gasteiger partial charge is 0.327 e. The molecule has 0 aliphatic heterocycles. The molecule has 0 aliphatic rings. The number of hydrogen-bond acceptors (Lipinski definition) is 3. The molecule has 2 N–H and O–H groups in total. The third kappa shape index (κ3) is 3.96. The molecule has 0 heterocycles. The van der Waals surface area contributed by atoms with E-state index >= 15 is 0 Å². The van der Waals surface area contributed by atoms with E-state index in [0.717, 1.165) is 11.3 Å². The Balaban J connectivity index is 2.83. The molecule has 0 radical (unpaired) electrons. The van der Waals surface area contributed by atoms with Crippen molar-refractivity contribution in [3.8, 4) is 5.75 Å². The van der Waals surface area contributed by atoms with Crippen molar-refractivity contribution in [2.45, 2.75) is 39.2 Å². The highest BCUT2D eigenvalue weighted by molar-refractivity contribution is 5.78. The summed E-state index contributed by atoms with van der Waals surface area (Å²) in [5.74, 6) is 0.186. The normalized spacial score (nSPS) is 14.2. The van der Waals surface area contributed by atoms with Gasteiger partial charge in [0.05, 0.1) is 0 Å². The number of carboxylic acids is 1. The zero-order chi connectivity index (χ0) is 14.5. The van der Waals surface area contributed by atoms with Gasteiger partial charge in [-0.25, -0.2) is 0 Å². The molecule has 4 heteroatoms. The molecule has 0 spiro atoms. The maximum Gasteiger partial charge on any atom is 0.327 e. The van der Waals surface area contributed by atoms with Gasteiger partial charge in [-0.15, -0.1) is 0 Å². The van der Waals surface area contributed by atoms with Crippen LogP contribution in [0.1, 0.15) is 39.2 Å². The van der Waals surface area contributed by atoms with Crippen molar-refractivity contribution in [2.75, 3.05) is 13.2 Å². The molecule has 0 aromatic heterocycles. The van der Waals surface area contributed by atoms with E-state index in [1.54, 1.807) is 6.92 Å². The lowest BCUT2D eigenvalue weighted by Gasteiger charge is -2.26. The highest BCUT2D eigenvalue weighted by Crippen LogP contribution is 2.26. The van der Waals surface area contributed by atoms with E-state index in [1.165, 1.54) is 0 Å². The minimum Gasteiger partial charge on any atom is -0.491 e. The third-order valence-electron chi connectivity index (χ3n) is 3.10. The van der Waals surface area contributed by atoms with E-state index in [9.17, 15) is 9.90 Å². The van der Waals surface area contributed by atoms with Gasteiger partial charge < -0.3 is 9.84 Å². The number of benzene rings is 1. The van der Waals surface area contributed by atoms with Gasteiger partial charge in [0.2, 0.25) is 0 Å². The van der Waals surface area contributed by atoms with Gasteiger partial charge in [-0.2, -0.15) is 0 Å². The predicted octanol–water partition coefficient (Wildman–Crippen LogP) is 2.64. The monoisotopic (exact) mass is 265 g/mol. The van der Waals surface area contributed by atoms with Gasteiger partial charge in [0, 0.05) is 0 Å². The fourth-order valence-electron chi connectivity index (χ4n) is 1.89. The van der Waals surface area contributed by atoms with Crippen LogP contribution in [0, 0.1) is 0 Å². The number of ether oxygens (including phenoxy) is 1. The van der Waals surface area contributed by atoms with Gasteiger partial charge in [0.15, 0.2) is 0 Å². The summed E-state index contributed by atoms with van der Waals surface area (Å²) in [6.07, 6.45) is 0. The molecule has 1 aromatic rings. The first-order valence-corrected chi connectivity index (χ1v) is 6.61. The summed E-state index contributed by atoms with van der Waals surface area (Å²) in [6, 6.07) is 7.74. The second kappa shape index (κ2) is 6.57. The van der Waals surface area contributed by atoms with Crippen molar-refractivity contribution in [1.29, 1.82) is 0 Å². The van der Waals surface area contributed by atoms with E-state index in [-0.39, 0.29) is 6.61 Å². The molecule has 0 amide bonds. The second-order valence-corrected chi connectivity index (χ2v) is 5.15. The predicted molar refractivity (Wildman–Crippen MR) is 75.7 cm³/mol. The van der Waals surface area contributed by atoms with Gasteiger partial charge in [-0.1, -0.05) is 39.0 Å². The molecular weight excluding hydrogens is 242 g/mol. The van der Waals surface area contributed by atoms with Crippen molar-refractivity contribution in [3.63, 3.8) is 0 Å². The second-order valence-electron chi connectivity index (χ2n) is 5.15. The quantitative estimate of drug-likeness (QED) is 0.795. The number of nitrogens with one attached hydrogen (secondary N) is 1. The van der Waals surface area contributed by atoms with Crippen molar-refractivity contribution < 1.29 is 14.6 Å². The average Bonchev–Trinajstić information content (AvgIpc) is 2.36. The topological polar surface area (TPSA) is 58.6 Å². The summed E-state index contributed by atoms with van der Waals surface area (Å²) in [6.45, 7) is 8.36. The Hall–Kier alpha value is -1.55. The number of para-hydroxylation sites is 1. The van der Waals surface area contributed by atoms with E-state index in [1.807, 2.05) is 31.2 Å². The number of aliphatic carboxylic acids is 1. The molecule has 1 atom stereocenters. The molecular formula is C15H23NO3. The van der Waals surface area contributed by atoms with Crippen LogP contribution in [-0.2, 0) is 4.79 Å². The van der Waals surface area contributed by atoms with Crippen molar-refractivity contribution in [1.82, 2.24) is 5.32 Å². The number of likely N-dealkylation sites (N-methyl/N-ethyl adjacent to an activating group) is 1. The van der Waals surface area contributed by atoms with Gasteiger partial charge >= 0.3 is 5.97 Å². The number of rotatable bonds is 7. The van der Waals surface area contributed by atoms with Crippen LogP contribution in [0.2, 0.25) is 0 Å². The number of hydrogen-bond donors (Lipinski definition) is 2. The Morgan fingerprint density at radius 2 is 2.05 bits per heavy atom. The lowest BCUT2D eigenvalue weighted by molar-refractivity contribution is -0.145. The Morgan fingerprint density at radius 1 is 1.42 bits per heavy atom. The molecule has 0 saturated carbocycles. The van der Waals surface area contributed by atoms with Gasteiger partial charge in [0.1, 0.15) is 17.9 Å². The molecule has 19 heavy (non-hydrogen) atoms.